The van der Waals surface area contributed by atoms with Gasteiger partial charge in [-0.25, -0.2) is 4.79 Å². The molecule has 0 atom stereocenters. The van der Waals surface area contributed by atoms with E-state index in [0.29, 0.717) is 22.4 Å². The Morgan fingerprint density at radius 2 is 1.61 bits per heavy atom. The molecule has 0 spiro atoms. The first-order valence-corrected chi connectivity index (χ1v) is 8.44. The standard InChI is InChI=1S/C21H20O7/c1-10-6-7-13-16(20(21(24)27-5)28-19(13)17(10)22)18(23)12-8-14(25-3)11(2)15(9-12)26-4/h6-9,22H,1-5H3. The third kappa shape index (κ3) is 2.94. The topological polar surface area (TPSA) is 95.2 Å². The predicted octanol–water partition coefficient (Wildman–Crippen LogP) is 3.79. The molecule has 0 amide bonds. The Kier molecular flexibility index (Phi) is 5.00. The number of furan rings is 1. The molecule has 7 heteroatoms. The molecule has 0 saturated heterocycles. The summed E-state index contributed by atoms with van der Waals surface area (Å²) in [6.45, 7) is 3.49. The summed E-state index contributed by atoms with van der Waals surface area (Å²) in [4.78, 5) is 25.6. The van der Waals surface area contributed by atoms with Crippen molar-refractivity contribution in [3.63, 3.8) is 0 Å². The second kappa shape index (κ2) is 7.26. The molecule has 2 aromatic carbocycles. The van der Waals surface area contributed by atoms with E-state index < -0.39 is 11.8 Å². The Labute approximate surface area is 161 Å². The molecule has 28 heavy (non-hydrogen) atoms. The summed E-state index contributed by atoms with van der Waals surface area (Å²) in [6, 6.07) is 6.39. The average molecular weight is 384 g/mol. The molecule has 0 aliphatic carbocycles. The molecule has 0 radical (unpaired) electrons. The van der Waals surface area contributed by atoms with Gasteiger partial charge in [-0.15, -0.1) is 0 Å². The largest absolute Gasteiger partial charge is 0.504 e. The van der Waals surface area contributed by atoms with Crippen molar-refractivity contribution in [3.05, 3.63) is 52.3 Å². The molecular formula is C21H20O7. The van der Waals surface area contributed by atoms with Crippen LogP contribution in [0.3, 0.4) is 0 Å². The minimum Gasteiger partial charge on any atom is -0.504 e. The lowest BCUT2D eigenvalue weighted by molar-refractivity contribution is 0.0564. The van der Waals surface area contributed by atoms with E-state index >= 15 is 0 Å². The van der Waals surface area contributed by atoms with Crippen molar-refractivity contribution in [2.75, 3.05) is 21.3 Å². The summed E-state index contributed by atoms with van der Waals surface area (Å²) in [7, 11) is 4.17. The summed E-state index contributed by atoms with van der Waals surface area (Å²) >= 11 is 0. The number of hydrogen-bond donors (Lipinski definition) is 1. The highest BCUT2D eigenvalue weighted by atomic mass is 16.5. The van der Waals surface area contributed by atoms with Crippen LogP contribution in [0.1, 0.15) is 37.6 Å². The lowest BCUT2D eigenvalue weighted by Crippen LogP contribution is -2.10. The number of fused-ring (bicyclic) bond motifs is 1. The summed E-state index contributed by atoms with van der Waals surface area (Å²) in [5, 5.41) is 10.6. The number of aromatic hydroxyl groups is 1. The molecular weight excluding hydrogens is 364 g/mol. The molecule has 1 aromatic heterocycles. The minimum atomic E-state index is -0.817. The summed E-state index contributed by atoms with van der Waals surface area (Å²) in [5.41, 5.74) is 1.59. The molecule has 0 saturated carbocycles. The van der Waals surface area contributed by atoms with E-state index in [1.54, 1.807) is 38.1 Å². The molecule has 3 aromatic rings. The maximum Gasteiger partial charge on any atom is 0.374 e. The van der Waals surface area contributed by atoms with Crippen LogP contribution in [0, 0.1) is 13.8 Å². The van der Waals surface area contributed by atoms with Gasteiger partial charge in [0.2, 0.25) is 5.76 Å². The number of rotatable bonds is 5. The van der Waals surface area contributed by atoms with Gasteiger partial charge < -0.3 is 23.7 Å². The minimum absolute atomic E-state index is 0.00473. The Balaban J connectivity index is 2.30. The molecule has 1 heterocycles. The molecule has 1 N–H and O–H groups in total. The zero-order valence-electron chi connectivity index (χ0n) is 16.2. The fourth-order valence-corrected chi connectivity index (χ4v) is 3.07. The lowest BCUT2D eigenvalue weighted by Gasteiger charge is -2.12. The summed E-state index contributed by atoms with van der Waals surface area (Å²) in [5.74, 6) is -0.785. The summed E-state index contributed by atoms with van der Waals surface area (Å²) in [6.07, 6.45) is 0. The number of carbonyl (C=O) groups is 2. The molecule has 7 nitrogen and oxygen atoms in total. The van der Waals surface area contributed by atoms with Gasteiger partial charge in [0.15, 0.2) is 17.1 Å². The van der Waals surface area contributed by atoms with Gasteiger partial charge in [-0.3, -0.25) is 4.79 Å². The van der Waals surface area contributed by atoms with E-state index in [1.165, 1.54) is 21.3 Å². The lowest BCUT2D eigenvalue weighted by atomic mass is 9.97. The fraction of sp³-hybridized carbons (Fsp3) is 0.238. The number of phenolic OH excluding ortho intramolecular Hbond substituents is 1. The van der Waals surface area contributed by atoms with Gasteiger partial charge >= 0.3 is 5.97 Å². The highest BCUT2D eigenvalue weighted by Crippen LogP contribution is 2.37. The van der Waals surface area contributed by atoms with Crippen LogP contribution < -0.4 is 9.47 Å². The number of benzene rings is 2. The molecule has 146 valence electrons. The van der Waals surface area contributed by atoms with Crippen molar-refractivity contribution in [2.45, 2.75) is 13.8 Å². The van der Waals surface area contributed by atoms with Crippen LogP contribution >= 0.6 is 0 Å². The maximum absolute atomic E-state index is 13.3. The van der Waals surface area contributed by atoms with E-state index in [1.807, 2.05) is 0 Å². The molecule has 0 unspecified atom stereocenters. The van der Waals surface area contributed by atoms with Crippen LogP contribution in [0.4, 0.5) is 0 Å². The molecule has 3 rings (SSSR count). The van der Waals surface area contributed by atoms with Crippen molar-refractivity contribution in [1.29, 1.82) is 0 Å². The fourth-order valence-electron chi connectivity index (χ4n) is 3.07. The van der Waals surface area contributed by atoms with Crippen LogP contribution in [0.5, 0.6) is 17.2 Å². The number of aryl methyl sites for hydroxylation is 1. The smallest absolute Gasteiger partial charge is 0.374 e. The molecule has 0 bridgehead atoms. The van der Waals surface area contributed by atoms with Crippen LogP contribution in [-0.2, 0) is 4.74 Å². The van der Waals surface area contributed by atoms with Gasteiger partial charge in [0.05, 0.1) is 26.9 Å². The van der Waals surface area contributed by atoms with E-state index in [-0.39, 0.29) is 28.2 Å². The predicted molar refractivity (Wildman–Crippen MR) is 102 cm³/mol. The van der Waals surface area contributed by atoms with E-state index in [0.717, 1.165) is 5.56 Å². The van der Waals surface area contributed by atoms with E-state index in [2.05, 4.69) is 0 Å². The first kappa shape index (κ1) is 19.3. The van der Waals surface area contributed by atoms with Gasteiger partial charge in [0, 0.05) is 16.5 Å². The number of esters is 1. The van der Waals surface area contributed by atoms with Crippen LogP contribution in [-0.4, -0.2) is 38.2 Å². The van der Waals surface area contributed by atoms with Gasteiger partial charge in [-0.1, -0.05) is 6.07 Å². The zero-order chi connectivity index (χ0) is 20.6. The number of phenols is 1. The number of carbonyl (C=O) groups excluding carboxylic acids is 2. The number of methoxy groups -OCH3 is 3. The normalized spacial score (nSPS) is 10.8. The van der Waals surface area contributed by atoms with E-state index in [9.17, 15) is 14.7 Å². The van der Waals surface area contributed by atoms with Gasteiger partial charge in [-0.05, 0) is 37.6 Å². The maximum atomic E-state index is 13.3. The summed E-state index contributed by atoms with van der Waals surface area (Å²) < 4.78 is 20.9. The SMILES string of the molecule is COC(=O)c1oc2c(O)c(C)ccc2c1C(=O)c1cc(OC)c(C)c(OC)c1. The van der Waals surface area contributed by atoms with Crippen molar-refractivity contribution >= 4 is 22.7 Å². The van der Waals surface area contributed by atoms with Crippen LogP contribution in [0.25, 0.3) is 11.0 Å². The number of hydrogen-bond acceptors (Lipinski definition) is 7. The Morgan fingerprint density at radius 3 is 2.14 bits per heavy atom. The van der Waals surface area contributed by atoms with Crippen LogP contribution in [0.2, 0.25) is 0 Å². The molecule has 0 aliphatic heterocycles. The number of ether oxygens (including phenoxy) is 3. The Morgan fingerprint density at radius 1 is 1.00 bits per heavy atom. The number of ketones is 1. The molecule has 0 aliphatic rings. The first-order valence-electron chi connectivity index (χ1n) is 8.44. The average Bonchev–Trinajstić information content (AvgIpc) is 3.10. The van der Waals surface area contributed by atoms with Gasteiger partial charge in [0.1, 0.15) is 11.5 Å². The highest BCUT2D eigenvalue weighted by molar-refractivity contribution is 6.21. The Hall–Kier alpha value is -3.48. The quantitative estimate of drug-likeness (QED) is 0.528. The second-order valence-corrected chi connectivity index (χ2v) is 6.24. The first-order chi connectivity index (χ1) is 13.3. The van der Waals surface area contributed by atoms with Gasteiger partial charge in [-0.2, -0.15) is 0 Å². The van der Waals surface area contributed by atoms with Crippen molar-refractivity contribution in [2.24, 2.45) is 0 Å². The van der Waals surface area contributed by atoms with Crippen molar-refractivity contribution in [3.8, 4) is 17.2 Å². The van der Waals surface area contributed by atoms with E-state index in [4.69, 9.17) is 18.6 Å². The van der Waals surface area contributed by atoms with Gasteiger partial charge in [0.25, 0.3) is 0 Å². The highest BCUT2D eigenvalue weighted by Gasteiger charge is 2.29. The Bertz CT molecular complexity index is 1070. The third-order valence-electron chi connectivity index (χ3n) is 4.65. The second-order valence-electron chi connectivity index (χ2n) is 6.24. The van der Waals surface area contributed by atoms with Crippen molar-refractivity contribution < 1.29 is 33.3 Å². The van der Waals surface area contributed by atoms with Crippen LogP contribution in [0.15, 0.2) is 28.7 Å². The monoisotopic (exact) mass is 384 g/mol. The zero-order valence-corrected chi connectivity index (χ0v) is 16.2. The third-order valence-corrected chi connectivity index (χ3v) is 4.65. The molecule has 0 fully saturated rings. The van der Waals surface area contributed by atoms with Crippen molar-refractivity contribution in [1.82, 2.24) is 0 Å².